The molecule has 116 valence electrons. The fourth-order valence-electron chi connectivity index (χ4n) is 2.79. The minimum Gasteiger partial charge on any atom is -0.351 e. The fourth-order valence-corrected chi connectivity index (χ4v) is 3.31. The van der Waals surface area contributed by atoms with Gasteiger partial charge in [-0.2, -0.15) is 0 Å². The molecule has 0 spiro atoms. The zero-order valence-electron chi connectivity index (χ0n) is 12.0. The lowest BCUT2D eigenvalue weighted by Gasteiger charge is -2.32. The third kappa shape index (κ3) is 3.57. The molecule has 1 aliphatic rings. The van der Waals surface area contributed by atoms with Crippen molar-refractivity contribution in [3.8, 4) is 0 Å². The minimum absolute atomic E-state index is 0.107. The van der Waals surface area contributed by atoms with Gasteiger partial charge in [0, 0.05) is 47.3 Å². The molecule has 6 heteroatoms. The maximum absolute atomic E-state index is 12.3. The second kappa shape index (κ2) is 6.63. The van der Waals surface area contributed by atoms with Crippen molar-refractivity contribution in [2.75, 3.05) is 18.4 Å². The molecule has 4 nitrogen and oxygen atoms in total. The summed E-state index contributed by atoms with van der Waals surface area (Å²) in [5.41, 5.74) is 0.620. The van der Waals surface area contributed by atoms with Gasteiger partial charge < -0.3 is 14.8 Å². The van der Waals surface area contributed by atoms with Crippen LogP contribution in [0.4, 0.5) is 10.5 Å². The van der Waals surface area contributed by atoms with Crippen molar-refractivity contribution in [3.05, 3.63) is 52.8 Å². The molecule has 0 saturated carbocycles. The highest BCUT2D eigenvalue weighted by Gasteiger charge is 2.23. The van der Waals surface area contributed by atoms with E-state index in [1.807, 2.05) is 17.0 Å². The summed E-state index contributed by atoms with van der Waals surface area (Å²) in [7, 11) is 0. The number of nitrogens with zero attached hydrogens (tertiary/aromatic N) is 2. The van der Waals surface area contributed by atoms with Gasteiger partial charge in [-0.25, -0.2) is 4.79 Å². The Kier molecular flexibility index (Phi) is 4.60. The van der Waals surface area contributed by atoms with E-state index >= 15 is 0 Å². The van der Waals surface area contributed by atoms with Crippen LogP contribution in [0.5, 0.6) is 0 Å². The zero-order chi connectivity index (χ0) is 15.5. The average molecular weight is 338 g/mol. The number of hydrogen-bond donors (Lipinski definition) is 1. The highest BCUT2D eigenvalue weighted by atomic mass is 35.5. The Hall–Kier alpha value is -1.65. The lowest BCUT2D eigenvalue weighted by molar-refractivity contribution is 0.184. The maximum Gasteiger partial charge on any atom is 0.321 e. The molecule has 0 radical (unpaired) electrons. The molecule has 1 aliphatic heterocycles. The van der Waals surface area contributed by atoms with Crippen molar-refractivity contribution >= 4 is 34.9 Å². The molecule has 0 aliphatic carbocycles. The summed E-state index contributed by atoms with van der Waals surface area (Å²) in [4.78, 5) is 14.1. The van der Waals surface area contributed by atoms with E-state index in [9.17, 15) is 4.79 Å². The Morgan fingerprint density at radius 2 is 1.64 bits per heavy atom. The molecule has 0 unspecified atom stereocenters. The molecule has 1 N–H and O–H groups in total. The van der Waals surface area contributed by atoms with E-state index in [2.05, 4.69) is 22.3 Å². The molecule has 0 bridgehead atoms. The Morgan fingerprint density at radius 3 is 2.23 bits per heavy atom. The Bertz CT molecular complexity index is 629. The highest BCUT2D eigenvalue weighted by molar-refractivity contribution is 6.35. The van der Waals surface area contributed by atoms with Crippen LogP contribution >= 0.6 is 23.2 Å². The lowest BCUT2D eigenvalue weighted by atomic mass is 10.1. The van der Waals surface area contributed by atoms with E-state index in [0.29, 0.717) is 21.8 Å². The third-order valence-electron chi connectivity index (χ3n) is 3.91. The minimum atomic E-state index is -0.107. The average Bonchev–Trinajstić information content (AvgIpc) is 3.00. The van der Waals surface area contributed by atoms with Crippen LogP contribution in [-0.4, -0.2) is 28.6 Å². The van der Waals surface area contributed by atoms with Gasteiger partial charge in [-0.1, -0.05) is 23.2 Å². The number of rotatable bonds is 2. The van der Waals surface area contributed by atoms with Gasteiger partial charge in [-0.3, -0.25) is 0 Å². The third-order valence-corrected chi connectivity index (χ3v) is 4.35. The van der Waals surface area contributed by atoms with Crippen LogP contribution in [-0.2, 0) is 0 Å². The van der Waals surface area contributed by atoms with Crippen molar-refractivity contribution < 1.29 is 4.79 Å². The van der Waals surface area contributed by atoms with E-state index in [4.69, 9.17) is 23.2 Å². The summed E-state index contributed by atoms with van der Waals surface area (Å²) in [6.07, 6.45) is 6.07. The SMILES string of the molecule is O=C(Nc1cc(Cl)cc(Cl)c1)N1CCC(n2cccc2)CC1. The summed E-state index contributed by atoms with van der Waals surface area (Å²) in [5, 5.41) is 3.87. The summed E-state index contributed by atoms with van der Waals surface area (Å²) < 4.78 is 2.21. The van der Waals surface area contributed by atoms with Crippen molar-refractivity contribution in [1.82, 2.24) is 9.47 Å². The number of carbonyl (C=O) groups excluding carboxylic acids is 1. The van der Waals surface area contributed by atoms with Crippen LogP contribution in [0.1, 0.15) is 18.9 Å². The first-order valence-corrected chi connectivity index (χ1v) is 8.02. The van der Waals surface area contributed by atoms with Gasteiger partial charge in [-0.05, 0) is 43.2 Å². The van der Waals surface area contributed by atoms with E-state index in [-0.39, 0.29) is 6.03 Å². The Morgan fingerprint density at radius 1 is 1.05 bits per heavy atom. The summed E-state index contributed by atoms with van der Waals surface area (Å²) in [6.45, 7) is 1.48. The molecule has 3 rings (SSSR count). The lowest BCUT2D eigenvalue weighted by Crippen LogP contribution is -2.41. The van der Waals surface area contributed by atoms with E-state index in [1.54, 1.807) is 18.2 Å². The van der Waals surface area contributed by atoms with E-state index in [0.717, 1.165) is 25.9 Å². The molecule has 1 saturated heterocycles. The van der Waals surface area contributed by atoms with Crippen LogP contribution in [0.25, 0.3) is 0 Å². The normalized spacial score (nSPS) is 15.8. The molecule has 2 amide bonds. The zero-order valence-corrected chi connectivity index (χ0v) is 13.5. The molecule has 2 aromatic rings. The quantitative estimate of drug-likeness (QED) is 0.849. The first-order chi connectivity index (χ1) is 10.6. The number of aromatic nitrogens is 1. The molecule has 1 aromatic heterocycles. The van der Waals surface area contributed by atoms with Crippen LogP contribution in [0.15, 0.2) is 42.7 Å². The number of carbonyl (C=O) groups is 1. The first kappa shape index (κ1) is 15.3. The fraction of sp³-hybridized carbons (Fsp3) is 0.312. The van der Waals surface area contributed by atoms with Crippen LogP contribution < -0.4 is 5.32 Å². The van der Waals surface area contributed by atoms with Crippen molar-refractivity contribution in [1.29, 1.82) is 0 Å². The number of anilines is 1. The molecule has 0 atom stereocenters. The number of benzene rings is 1. The molecule has 1 fully saturated rings. The first-order valence-electron chi connectivity index (χ1n) is 7.26. The van der Waals surface area contributed by atoms with Gasteiger partial charge in [0.2, 0.25) is 0 Å². The van der Waals surface area contributed by atoms with Crippen LogP contribution in [0, 0.1) is 0 Å². The topological polar surface area (TPSA) is 37.3 Å². The van der Waals surface area contributed by atoms with Crippen molar-refractivity contribution in [2.24, 2.45) is 0 Å². The molecule has 22 heavy (non-hydrogen) atoms. The van der Waals surface area contributed by atoms with Gasteiger partial charge in [0.05, 0.1) is 0 Å². The Balaban J connectivity index is 1.58. The van der Waals surface area contributed by atoms with Crippen molar-refractivity contribution in [3.63, 3.8) is 0 Å². The van der Waals surface area contributed by atoms with Gasteiger partial charge in [-0.15, -0.1) is 0 Å². The predicted octanol–water partition coefficient (Wildman–Crippen LogP) is 4.66. The highest BCUT2D eigenvalue weighted by Crippen LogP contribution is 2.25. The number of hydrogen-bond acceptors (Lipinski definition) is 1. The summed E-state index contributed by atoms with van der Waals surface area (Å²) >= 11 is 11.9. The Labute approximate surface area is 139 Å². The number of likely N-dealkylation sites (tertiary alicyclic amines) is 1. The number of nitrogens with one attached hydrogen (secondary N) is 1. The number of urea groups is 1. The molecule has 2 heterocycles. The van der Waals surface area contributed by atoms with Gasteiger partial charge >= 0.3 is 6.03 Å². The number of piperidine rings is 1. The summed E-state index contributed by atoms with van der Waals surface area (Å²) in [5.74, 6) is 0. The number of halogens is 2. The van der Waals surface area contributed by atoms with Gasteiger partial charge in [0.25, 0.3) is 0 Å². The van der Waals surface area contributed by atoms with Crippen LogP contribution in [0.2, 0.25) is 10.0 Å². The standard InChI is InChI=1S/C16H17Cl2N3O/c17-12-9-13(18)11-14(10-12)19-16(22)21-7-3-15(4-8-21)20-5-1-2-6-20/h1-2,5-6,9-11,15H,3-4,7-8H2,(H,19,22). The van der Waals surface area contributed by atoms with Gasteiger partial charge in [0.1, 0.15) is 0 Å². The molecule has 1 aromatic carbocycles. The predicted molar refractivity (Wildman–Crippen MR) is 89.8 cm³/mol. The second-order valence-corrected chi connectivity index (χ2v) is 6.31. The monoisotopic (exact) mass is 337 g/mol. The van der Waals surface area contributed by atoms with E-state index < -0.39 is 0 Å². The second-order valence-electron chi connectivity index (χ2n) is 5.44. The largest absolute Gasteiger partial charge is 0.351 e. The van der Waals surface area contributed by atoms with E-state index in [1.165, 1.54) is 0 Å². The van der Waals surface area contributed by atoms with Crippen LogP contribution in [0.3, 0.4) is 0 Å². The maximum atomic E-state index is 12.3. The molecular formula is C16H17Cl2N3O. The number of amides is 2. The summed E-state index contributed by atoms with van der Waals surface area (Å²) in [6, 6.07) is 9.45. The van der Waals surface area contributed by atoms with Gasteiger partial charge in [0.15, 0.2) is 0 Å². The smallest absolute Gasteiger partial charge is 0.321 e. The molecular weight excluding hydrogens is 321 g/mol. The van der Waals surface area contributed by atoms with Crippen molar-refractivity contribution in [2.45, 2.75) is 18.9 Å².